The molecule has 162 valence electrons. The van der Waals surface area contributed by atoms with Gasteiger partial charge in [-0.3, -0.25) is 15.1 Å². The Balaban J connectivity index is 2.35. The lowest BCUT2D eigenvalue weighted by atomic mass is 9.74. The van der Waals surface area contributed by atoms with Crippen molar-refractivity contribution in [2.24, 2.45) is 16.1 Å². The van der Waals surface area contributed by atoms with Crippen LogP contribution in [-0.2, 0) is 19.1 Å². The van der Waals surface area contributed by atoms with Crippen LogP contribution in [0.25, 0.3) is 0 Å². The topological polar surface area (TPSA) is 113 Å². The number of allylic oxidation sites excluding steroid dienone is 1. The van der Waals surface area contributed by atoms with Crippen LogP contribution in [0.2, 0.25) is 0 Å². The van der Waals surface area contributed by atoms with Gasteiger partial charge in [-0.1, -0.05) is 17.3 Å². The standard InChI is InChI=1S/C21H27N3O6/c1-5-29-11-12-30-22-10-9-18-14(2)23-15(3)19(21(25)28-4)20(18)16-7-6-8-17(13-16)24(26)27/h6-8,10,13,18,20H,5,9,11-12H2,1-4H3/b22-10+. The summed E-state index contributed by atoms with van der Waals surface area (Å²) in [5, 5.41) is 15.2. The van der Waals surface area contributed by atoms with Gasteiger partial charge in [0.15, 0.2) is 0 Å². The van der Waals surface area contributed by atoms with Crippen molar-refractivity contribution < 1.29 is 24.0 Å². The van der Waals surface area contributed by atoms with Gasteiger partial charge in [-0.15, -0.1) is 0 Å². The Kier molecular flexibility index (Phi) is 8.67. The second-order valence-electron chi connectivity index (χ2n) is 6.73. The highest BCUT2D eigenvalue weighted by molar-refractivity contribution is 5.98. The lowest BCUT2D eigenvalue weighted by Crippen LogP contribution is -2.30. The normalized spacial score (nSPS) is 19.0. The minimum absolute atomic E-state index is 0.0405. The van der Waals surface area contributed by atoms with E-state index in [1.54, 1.807) is 25.3 Å². The summed E-state index contributed by atoms with van der Waals surface area (Å²) < 4.78 is 10.2. The molecule has 0 aromatic heterocycles. The van der Waals surface area contributed by atoms with Gasteiger partial charge < -0.3 is 14.3 Å². The van der Waals surface area contributed by atoms with Crippen molar-refractivity contribution in [3.63, 3.8) is 0 Å². The maximum absolute atomic E-state index is 12.6. The number of nitrogens with zero attached hydrogens (tertiary/aromatic N) is 3. The third kappa shape index (κ3) is 5.73. The molecule has 0 bridgehead atoms. The monoisotopic (exact) mass is 417 g/mol. The SMILES string of the molecule is CCOCCO/N=C/CC1C(C)=NC(C)=C(C(=O)OC)C1c1cccc([N+](=O)[O-])c1. The fourth-order valence-corrected chi connectivity index (χ4v) is 3.50. The van der Waals surface area contributed by atoms with Crippen LogP contribution in [0.15, 0.2) is 45.7 Å². The Labute approximate surface area is 175 Å². The molecular weight excluding hydrogens is 390 g/mol. The summed E-state index contributed by atoms with van der Waals surface area (Å²) in [5.41, 5.74) is 2.34. The van der Waals surface area contributed by atoms with Gasteiger partial charge >= 0.3 is 5.97 Å². The van der Waals surface area contributed by atoms with Crippen LogP contribution < -0.4 is 0 Å². The minimum Gasteiger partial charge on any atom is -0.466 e. The summed E-state index contributed by atoms with van der Waals surface area (Å²) in [4.78, 5) is 33.1. The number of nitro groups is 1. The molecule has 0 amide bonds. The number of hydrogen-bond acceptors (Lipinski definition) is 8. The van der Waals surface area contributed by atoms with Crippen molar-refractivity contribution in [2.45, 2.75) is 33.1 Å². The molecule has 0 fully saturated rings. The van der Waals surface area contributed by atoms with Gasteiger partial charge in [0.05, 0.1) is 24.2 Å². The summed E-state index contributed by atoms with van der Waals surface area (Å²) in [6.07, 6.45) is 2.06. The zero-order valence-electron chi connectivity index (χ0n) is 17.7. The highest BCUT2D eigenvalue weighted by Gasteiger charge is 2.37. The molecule has 0 saturated heterocycles. The molecule has 30 heavy (non-hydrogen) atoms. The van der Waals surface area contributed by atoms with Crippen LogP contribution in [0.3, 0.4) is 0 Å². The zero-order valence-corrected chi connectivity index (χ0v) is 17.7. The van der Waals surface area contributed by atoms with E-state index in [1.165, 1.54) is 19.2 Å². The number of esters is 1. The molecular formula is C21H27N3O6. The number of ether oxygens (including phenoxy) is 2. The fourth-order valence-electron chi connectivity index (χ4n) is 3.50. The average molecular weight is 417 g/mol. The van der Waals surface area contributed by atoms with E-state index in [0.717, 1.165) is 5.71 Å². The maximum atomic E-state index is 12.6. The molecule has 9 nitrogen and oxygen atoms in total. The number of oxime groups is 1. The van der Waals surface area contributed by atoms with Gasteiger partial charge in [0.1, 0.15) is 6.61 Å². The smallest absolute Gasteiger partial charge is 0.336 e. The van der Waals surface area contributed by atoms with E-state index in [9.17, 15) is 14.9 Å². The molecule has 1 heterocycles. The molecule has 2 unspecified atom stereocenters. The van der Waals surface area contributed by atoms with Gasteiger partial charge in [0.25, 0.3) is 5.69 Å². The highest BCUT2D eigenvalue weighted by atomic mass is 16.6. The van der Waals surface area contributed by atoms with Gasteiger partial charge in [-0.2, -0.15) is 0 Å². The van der Waals surface area contributed by atoms with Gasteiger partial charge in [-0.05, 0) is 32.8 Å². The first-order chi connectivity index (χ1) is 14.4. The van der Waals surface area contributed by atoms with E-state index in [0.29, 0.717) is 43.1 Å². The van der Waals surface area contributed by atoms with Crippen molar-refractivity contribution in [1.29, 1.82) is 0 Å². The Bertz CT molecular complexity index is 862. The second-order valence-corrected chi connectivity index (χ2v) is 6.73. The fraction of sp³-hybridized carbons (Fsp3) is 0.476. The number of aliphatic imine (C=N–C) groups is 1. The molecule has 1 aromatic carbocycles. The van der Waals surface area contributed by atoms with Gasteiger partial charge in [0, 0.05) is 48.2 Å². The summed E-state index contributed by atoms with van der Waals surface area (Å²) in [7, 11) is 1.31. The number of rotatable bonds is 10. The van der Waals surface area contributed by atoms with E-state index >= 15 is 0 Å². The molecule has 2 rings (SSSR count). The Morgan fingerprint density at radius 1 is 1.33 bits per heavy atom. The number of non-ortho nitro benzene ring substituents is 1. The number of methoxy groups -OCH3 is 1. The van der Waals surface area contributed by atoms with Crippen LogP contribution in [0.4, 0.5) is 5.69 Å². The van der Waals surface area contributed by atoms with Crippen molar-refractivity contribution in [3.05, 3.63) is 51.2 Å². The van der Waals surface area contributed by atoms with Gasteiger partial charge in [0.2, 0.25) is 0 Å². The number of carbonyl (C=O) groups is 1. The van der Waals surface area contributed by atoms with Crippen molar-refractivity contribution in [3.8, 4) is 0 Å². The number of carbonyl (C=O) groups excluding carboxylic acids is 1. The Morgan fingerprint density at radius 2 is 2.10 bits per heavy atom. The predicted octanol–water partition coefficient (Wildman–Crippen LogP) is 3.65. The lowest BCUT2D eigenvalue weighted by Gasteiger charge is -2.32. The first kappa shape index (κ1) is 23.2. The molecule has 1 aliphatic rings. The summed E-state index contributed by atoms with van der Waals surface area (Å²) in [6, 6.07) is 6.29. The maximum Gasteiger partial charge on any atom is 0.336 e. The number of nitro benzene ring substituents is 1. The summed E-state index contributed by atoms with van der Waals surface area (Å²) in [5.74, 6) is -1.19. The molecule has 1 aromatic rings. The number of hydrogen-bond donors (Lipinski definition) is 0. The van der Waals surface area contributed by atoms with E-state index in [4.69, 9.17) is 14.3 Å². The predicted molar refractivity (Wildman–Crippen MR) is 113 cm³/mol. The van der Waals surface area contributed by atoms with E-state index in [1.807, 2.05) is 13.8 Å². The highest BCUT2D eigenvalue weighted by Crippen LogP contribution is 2.41. The molecule has 1 aliphatic heterocycles. The largest absolute Gasteiger partial charge is 0.466 e. The van der Waals surface area contributed by atoms with Crippen LogP contribution in [0.5, 0.6) is 0 Å². The van der Waals surface area contributed by atoms with Crippen LogP contribution in [0, 0.1) is 16.0 Å². The quantitative estimate of drug-likeness (QED) is 0.189. The summed E-state index contributed by atoms with van der Waals surface area (Å²) in [6.45, 7) is 6.90. The van der Waals surface area contributed by atoms with Crippen molar-refractivity contribution in [2.75, 3.05) is 26.9 Å². The van der Waals surface area contributed by atoms with Crippen molar-refractivity contribution in [1.82, 2.24) is 0 Å². The first-order valence-corrected chi connectivity index (χ1v) is 9.70. The molecule has 0 spiro atoms. The van der Waals surface area contributed by atoms with Crippen molar-refractivity contribution >= 4 is 23.6 Å². The van der Waals surface area contributed by atoms with E-state index in [-0.39, 0.29) is 11.6 Å². The molecule has 9 heteroatoms. The summed E-state index contributed by atoms with van der Waals surface area (Å²) >= 11 is 0. The van der Waals surface area contributed by atoms with E-state index in [2.05, 4.69) is 10.1 Å². The first-order valence-electron chi connectivity index (χ1n) is 9.70. The Hall–Kier alpha value is -3.07. The molecule has 0 aliphatic carbocycles. The third-order valence-electron chi connectivity index (χ3n) is 4.86. The number of benzene rings is 1. The zero-order chi connectivity index (χ0) is 22.1. The Morgan fingerprint density at radius 3 is 2.77 bits per heavy atom. The van der Waals surface area contributed by atoms with Crippen LogP contribution >= 0.6 is 0 Å². The molecule has 0 saturated carbocycles. The van der Waals surface area contributed by atoms with E-state index < -0.39 is 16.8 Å². The second kappa shape index (κ2) is 11.2. The molecule has 0 N–H and O–H groups in total. The molecule has 2 atom stereocenters. The lowest BCUT2D eigenvalue weighted by molar-refractivity contribution is -0.384. The molecule has 0 radical (unpaired) electrons. The average Bonchev–Trinajstić information content (AvgIpc) is 2.73. The van der Waals surface area contributed by atoms with Gasteiger partial charge in [-0.25, -0.2) is 4.79 Å². The minimum atomic E-state index is -0.504. The third-order valence-corrected chi connectivity index (χ3v) is 4.86. The van der Waals surface area contributed by atoms with Crippen LogP contribution in [-0.4, -0.2) is 49.7 Å². The van der Waals surface area contributed by atoms with Crippen LogP contribution in [0.1, 0.15) is 38.7 Å².